The molecule has 0 bridgehead atoms. The Bertz CT molecular complexity index is 1610. The molecular weight excluding hydrogens is 603 g/mol. The molecule has 0 radical (unpaired) electrons. The minimum Gasteiger partial charge on any atom is -0.465 e. The minimum absolute atomic E-state index is 0.0442. The van der Waals surface area contributed by atoms with Crippen molar-refractivity contribution in [3.8, 4) is 0 Å². The molecule has 12 heteroatoms. The van der Waals surface area contributed by atoms with Crippen molar-refractivity contribution >= 4 is 51.2 Å². The van der Waals surface area contributed by atoms with Gasteiger partial charge >= 0.3 is 5.97 Å². The van der Waals surface area contributed by atoms with Crippen molar-refractivity contribution in [2.45, 2.75) is 31.3 Å². The maximum Gasteiger partial charge on any atom is 0.340 e. The second kappa shape index (κ2) is 13.7. The van der Waals surface area contributed by atoms with Crippen molar-refractivity contribution in [2.24, 2.45) is 0 Å². The predicted molar refractivity (Wildman–Crippen MR) is 159 cm³/mol. The number of benzene rings is 2. The standard InChI is InChI=1S/C30H30Cl2N2O7S/c1-20-28(30(36)40-3)27(29(35)34(20)15-4-16-39-2)17-24-11-12-25(41-24)19-33(18-21-5-7-22(31)8-6-21)42(37,38)26-13-9-23(32)10-14-26/h5-14,17H,4,15-16,18-19H2,1-3H3/b27-17+. The highest BCUT2D eigenvalue weighted by Crippen LogP contribution is 2.32. The zero-order valence-corrected chi connectivity index (χ0v) is 25.6. The molecule has 42 heavy (non-hydrogen) atoms. The zero-order valence-electron chi connectivity index (χ0n) is 23.3. The molecule has 1 aromatic heterocycles. The number of methoxy groups -OCH3 is 2. The summed E-state index contributed by atoms with van der Waals surface area (Å²) in [5, 5.41) is 0.945. The smallest absolute Gasteiger partial charge is 0.340 e. The van der Waals surface area contributed by atoms with Gasteiger partial charge in [-0.2, -0.15) is 4.31 Å². The van der Waals surface area contributed by atoms with Crippen molar-refractivity contribution in [3.05, 3.63) is 105 Å². The Morgan fingerprint density at radius 2 is 1.62 bits per heavy atom. The molecule has 2 aromatic carbocycles. The number of hydrogen-bond acceptors (Lipinski definition) is 7. The topological polar surface area (TPSA) is 106 Å². The fourth-order valence-electron chi connectivity index (χ4n) is 4.51. The molecule has 0 aliphatic carbocycles. The van der Waals surface area contributed by atoms with Gasteiger partial charge in [-0.05, 0) is 73.5 Å². The largest absolute Gasteiger partial charge is 0.465 e. The number of furan rings is 1. The van der Waals surface area contributed by atoms with E-state index in [-0.39, 0.29) is 40.8 Å². The molecule has 222 valence electrons. The van der Waals surface area contributed by atoms with Crippen LogP contribution in [0.25, 0.3) is 6.08 Å². The number of allylic oxidation sites excluding steroid dienone is 1. The van der Waals surface area contributed by atoms with Crippen LogP contribution in [0.3, 0.4) is 0 Å². The van der Waals surface area contributed by atoms with E-state index in [1.165, 1.54) is 46.7 Å². The molecular formula is C30H30Cl2N2O7S. The molecule has 3 aromatic rings. The Morgan fingerprint density at radius 3 is 2.24 bits per heavy atom. The van der Waals surface area contributed by atoms with Gasteiger partial charge in [0, 0.05) is 42.5 Å². The van der Waals surface area contributed by atoms with E-state index in [2.05, 4.69) is 0 Å². The molecule has 0 saturated heterocycles. The van der Waals surface area contributed by atoms with E-state index in [0.717, 1.165) is 5.56 Å². The van der Waals surface area contributed by atoms with Gasteiger partial charge in [0.05, 0.1) is 29.7 Å². The first-order valence-corrected chi connectivity index (χ1v) is 15.2. The molecule has 0 spiro atoms. The molecule has 0 atom stereocenters. The summed E-state index contributed by atoms with van der Waals surface area (Å²) in [5.74, 6) is -0.402. The summed E-state index contributed by atoms with van der Waals surface area (Å²) >= 11 is 12.0. The molecule has 0 fully saturated rings. The third-order valence-corrected chi connectivity index (χ3v) is 8.97. The minimum atomic E-state index is -3.97. The number of amides is 1. The van der Waals surface area contributed by atoms with E-state index in [4.69, 9.17) is 37.1 Å². The quantitative estimate of drug-likeness (QED) is 0.143. The molecule has 2 heterocycles. The number of sulfonamides is 1. The third kappa shape index (κ3) is 7.14. The Hall–Kier alpha value is -3.41. The van der Waals surface area contributed by atoms with Crippen molar-refractivity contribution in [1.82, 2.24) is 9.21 Å². The first kappa shape index (κ1) is 31.5. The van der Waals surface area contributed by atoms with E-state index in [1.807, 2.05) is 0 Å². The Balaban J connectivity index is 1.65. The van der Waals surface area contributed by atoms with E-state index in [1.54, 1.807) is 50.4 Å². The number of nitrogens with zero attached hydrogens (tertiary/aromatic N) is 2. The maximum absolute atomic E-state index is 13.7. The summed E-state index contributed by atoms with van der Waals surface area (Å²) in [7, 11) is -1.14. The van der Waals surface area contributed by atoms with Gasteiger partial charge in [-0.25, -0.2) is 13.2 Å². The van der Waals surface area contributed by atoms with Crippen LogP contribution in [0, 0.1) is 0 Å². The lowest BCUT2D eigenvalue weighted by Gasteiger charge is -2.21. The summed E-state index contributed by atoms with van der Waals surface area (Å²) in [5.41, 5.74) is 1.47. The fraction of sp³-hybridized carbons (Fsp3) is 0.267. The average molecular weight is 634 g/mol. The van der Waals surface area contributed by atoms with E-state index in [9.17, 15) is 18.0 Å². The monoisotopic (exact) mass is 632 g/mol. The number of esters is 1. The summed E-state index contributed by atoms with van der Waals surface area (Å²) in [6, 6.07) is 16.0. The summed E-state index contributed by atoms with van der Waals surface area (Å²) in [4.78, 5) is 27.5. The molecule has 4 rings (SSSR count). The van der Waals surface area contributed by atoms with Gasteiger partial charge in [-0.15, -0.1) is 0 Å². The molecule has 1 amide bonds. The van der Waals surface area contributed by atoms with Gasteiger partial charge < -0.3 is 18.8 Å². The van der Waals surface area contributed by atoms with Gasteiger partial charge in [0.15, 0.2) is 0 Å². The van der Waals surface area contributed by atoms with Crippen molar-refractivity contribution < 1.29 is 31.9 Å². The number of carbonyl (C=O) groups is 2. The normalized spacial score (nSPS) is 14.9. The highest BCUT2D eigenvalue weighted by Gasteiger charge is 2.37. The van der Waals surface area contributed by atoms with Crippen molar-refractivity contribution in [2.75, 3.05) is 27.4 Å². The van der Waals surface area contributed by atoms with Crippen LogP contribution in [0.1, 0.15) is 30.4 Å². The summed E-state index contributed by atoms with van der Waals surface area (Å²) < 4.78 is 44.6. The van der Waals surface area contributed by atoms with Crippen LogP contribution in [-0.4, -0.2) is 56.9 Å². The molecule has 9 nitrogen and oxygen atoms in total. The van der Waals surface area contributed by atoms with Crippen LogP contribution < -0.4 is 0 Å². The Labute approximate surface area is 255 Å². The van der Waals surface area contributed by atoms with Crippen LogP contribution in [0.4, 0.5) is 0 Å². The van der Waals surface area contributed by atoms with Crippen LogP contribution >= 0.6 is 23.2 Å². The van der Waals surface area contributed by atoms with Crippen LogP contribution in [0.5, 0.6) is 0 Å². The molecule has 0 N–H and O–H groups in total. The molecule has 0 unspecified atom stereocenters. The summed E-state index contributed by atoms with van der Waals surface area (Å²) in [6.07, 6.45) is 2.05. The summed E-state index contributed by atoms with van der Waals surface area (Å²) in [6.45, 7) is 2.44. The van der Waals surface area contributed by atoms with Gasteiger partial charge in [0.1, 0.15) is 11.5 Å². The van der Waals surface area contributed by atoms with Gasteiger partial charge in [-0.3, -0.25) is 4.79 Å². The van der Waals surface area contributed by atoms with Gasteiger partial charge in [0.2, 0.25) is 10.0 Å². The van der Waals surface area contributed by atoms with Crippen LogP contribution in [0.15, 0.2) is 86.8 Å². The Kier molecular flexibility index (Phi) is 10.3. The molecule has 1 aliphatic rings. The van der Waals surface area contributed by atoms with E-state index in [0.29, 0.717) is 41.1 Å². The molecule has 0 saturated carbocycles. The van der Waals surface area contributed by atoms with Crippen molar-refractivity contribution in [3.63, 3.8) is 0 Å². The van der Waals surface area contributed by atoms with Gasteiger partial charge in [-0.1, -0.05) is 35.3 Å². The first-order chi connectivity index (χ1) is 20.0. The fourth-order valence-corrected chi connectivity index (χ4v) is 6.16. The number of ether oxygens (including phenoxy) is 2. The maximum atomic E-state index is 13.7. The second-order valence-electron chi connectivity index (χ2n) is 9.47. The van der Waals surface area contributed by atoms with Crippen molar-refractivity contribution in [1.29, 1.82) is 0 Å². The Morgan fingerprint density at radius 1 is 0.976 bits per heavy atom. The number of carbonyl (C=O) groups excluding carboxylic acids is 2. The van der Waals surface area contributed by atoms with Gasteiger partial charge in [0.25, 0.3) is 5.91 Å². The number of rotatable bonds is 12. The zero-order chi connectivity index (χ0) is 30.4. The first-order valence-electron chi connectivity index (χ1n) is 13.0. The third-order valence-electron chi connectivity index (χ3n) is 6.66. The van der Waals surface area contributed by atoms with Crippen LogP contribution in [0.2, 0.25) is 10.0 Å². The number of hydrogen-bond donors (Lipinski definition) is 0. The lowest BCUT2D eigenvalue weighted by atomic mass is 10.1. The SMILES string of the molecule is COCCCN1C(=O)/C(=C/c2ccc(CN(Cc3ccc(Cl)cc3)S(=O)(=O)c3ccc(Cl)cc3)o2)C(C(=O)OC)=C1C. The van der Waals surface area contributed by atoms with Crippen LogP contribution in [-0.2, 0) is 42.2 Å². The van der Waals surface area contributed by atoms with E-state index < -0.39 is 16.0 Å². The lowest BCUT2D eigenvalue weighted by Crippen LogP contribution is -2.30. The number of halogens is 2. The average Bonchev–Trinajstić information content (AvgIpc) is 3.51. The molecule has 1 aliphatic heterocycles. The second-order valence-corrected chi connectivity index (χ2v) is 12.3. The lowest BCUT2D eigenvalue weighted by molar-refractivity contribution is -0.136. The highest BCUT2D eigenvalue weighted by atomic mass is 35.5. The van der Waals surface area contributed by atoms with E-state index >= 15 is 0 Å². The highest BCUT2D eigenvalue weighted by molar-refractivity contribution is 7.89. The predicted octanol–water partition coefficient (Wildman–Crippen LogP) is 5.69.